The van der Waals surface area contributed by atoms with Gasteiger partial charge in [-0.05, 0) is 6.07 Å². The number of rotatable bonds is 5. The van der Waals surface area contributed by atoms with Gasteiger partial charge in [-0.3, -0.25) is 14.5 Å². The van der Waals surface area contributed by atoms with Gasteiger partial charge in [0.2, 0.25) is 5.56 Å². The SMILES string of the molecule is CCc1nccn1CCN1CCN(C(=O)c2ccc(=O)[nH]c2)CC1. The number of piperazine rings is 1. The van der Waals surface area contributed by atoms with E-state index in [1.54, 1.807) is 6.07 Å². The molecule has 0 aromatic carbocycles. The van der Waals surface area contributed by atoms with Gasteiger partial charge in [0.15, 0.2) is 0 Å². The molecule has 128 valence electrons. The molecule has 0 radical (unpaired) electrons. The molecule has 3 heterocycles. The van der Waals surface area contributed by atoms with Crippen molar-refractivity contribution in [1.82, 2.24) is 24.3 Å². The predicted octanol–water partition coefficient (Wildman–Crippen LogP) is 0.592. The molecular weight excluding hydrogens is 306 g/mol. The summed E-state index contributed by atoms with van der Waals surface area (Å²) in [5.41, 5.74) is 0.344. The first-order valence-corrected chi connectivity index (χ1v) is 8.37. The minimum atomic E-state index is -0.192. The second-order valence-corrected chi connectivity index (χ2v) is 5.97. The van der Waals surface area contributed by atoms with Crippen LogP contribution < -0.4 is 5.56 Å². The number of H-pyrrole nitrogens is 1. The Morgan fingerprint density at radius 2 is 2.00 bits per heavy atom. The van der Waals surface area contributed by atoms with Gasteiger partial charge >= 0.3 is 0 Å². The second-order valence-electron chi connectivity index (χ2n) is 5.97. The van der Waals surface area contributed by atoms with Crippen LogP contribution in [0.2, 0.25) is 0 Å². The van der Waals surface area contributed by atoms with Crippen molar-refractivity contribution in [2.24, 2.45) is 0 Å². The Hall–Kier alpha value is -2.41. The average molecular weight is 329 g/mol. The maximum Gasteiger partial charge on any atom is 0.255 e. The number of nitrogens with one attached hydrogen (secondary N) is 1. The van der Waals surface area contributed by atoms with Crippen molar-refractivity contribution in [2.75, 3.05) is 32.7 Å². The molecule has 1 amide bonds. The van der Waals surface area contributed by atoms with E-state index in [4.69, 9.17) is 0 Å². The van der Waals surface area contributed by atoms with Crippen LogP contribution in [-0.4, -0.2) is 63.0 Å². The zero-order valence-electron chi connectivity index (χ0n) is 13.9. The maximum absolute atomic E-state index is 12.4. The number of aromatic nitrogens is 3. The van der Waals surface area contributed by atoms with E-state index in [2.05, 4.69) is 26.4 Å². The van der Waals surface area contributed by atoms with E-state index in [-0.39, 0.29) is 11.5 Å². The number of hydrogen-bond donors (Lipinski definition) is 1. The molecule has 1 aliphatic heterocycles. The van der Waals surface area contributed by atoms with E-state index in [1.807, 2.05) is 17.3 Å². The molecule has 3 rings (SSSR count). The number of carbonyl (C=O) groups excluding carboxylic acids is 1. The summed E-state index contributed by atoms with van der Waals surface area (Å²) in [7, 11) is 0. The summed E-state index contributed by atoms with van der Waals surface area (Å²) < 4.78 is 2.19. The average Bonchev–Trinajstić information content (AvgIpc) is 3.08. The Kier molecular flexibility index (Phi) is 5.10. The Labute approximate surface area is 140 Å². The third-order valence-corrected chi connectivity index (χ3v) is 4.47. The summed E-state index contributed by atoms with van der Waals surface area (Å²) in [6.45, 7) is 7.16. The van der Waals surface area contributed by atoms with Gasteiger partial charge in [-0.1, -0.05) is 6.92 Å². The molecule has 1 N–H and O–H groups in total. The lowest BCUT2D eigenvalue weighted by molar-refractivity contribution is 0.0632. The number of aryl methyl sites for hydroxylation is 1. The molecule has 1 fully saturated rings. The summed E-state index contributed by atoms with van der Waals surface area (Å²) in [6, 6.07) is 2.97. The predicted molar refractivity (Wildman–Crippen MR) is 91.0 cm³/mol. The van der Waals surface area contributed by atoms with E-state index in [0.717, 1.165) is 38.4 Å². The van der Waals surface area contributed by atoms with Gasteiger partial charge in [0, 0.05) is 70.3 Å². The lowest BCUT2D eigenvalue weighted by atomic mass is 10.2. The van der Waals surface area contributed by atoms with Gasteiger partial charge in [0.1, 0.15) is 5.82 Å². The molecule has 0 aliphatic carbocycles. The van der Waals surface area contributed by atoms with Crippen molar-refractivity contribution < 1.29 is 4.79 Å². The minimum absolute atomic E-state index is 0.0196. The van der Waals surface area contributed by atoms with Crippen molar-refractivity contribution in [3.63, 3.8) is 0 Å². The fourth-order valence-electron chi connectivity index (χ4n) is 3.01. The van der Waals surface area contributed by atoms with Crippen molar-refractivity contribution >= 4 is 5.91 Å². The molecular formula is C17H23N5O2. The number of amides is 1. The minimum Gasteiger partial charge on any atom is -0.336 e. The number of imidazole rings is 1. The molecule has 7 nitrogen and oxygen atoms in total. The molecule has 0 spiro atoms. The van der Waals surface area contributed by atoms with Crippen LogP contribution in [0, 0.1) is 0 Å². The fraction of sp³-hybridized carbons (Fsp3) is 0.471. The normalized spacial score (nSPS) is 15.6. The van der Waals surface area contributed by atoms with Crippen molar-refractivity contribution in [3.05, 3.63) is 52.5 Å². The van der Waals surface area contributed by atoms with Gasteiger partial charge in [-0.15, -0.1) is 0 Å². The monoisotopic (exact) mass is 329 g/mol. The lowest BCUT2D eigenvalue weighted by Crippen LogP contribution is -2.49. The Balaban J connectivity index is 1.49. The summed E-state index contributed by atoms with van der Waals surface area (Å²) >= 11 is 0. The number of aromatic amines is 1. The smallest absolute Gasteiger partial charge is 0.255 e. The summed E-state index contributed by atoms with van der Waals surface area (Å²) in [5, 5.41) is 0. The molecule has 0 bridgehead atoms. The van der Waals surface area contributed by atoms with Crippen LogP contribution in [0.15, 0.2) is 35.5 Å². The molecule has 24 heavy (non-hydrogen) atoms. The molecule has 0 saturated carbocycles. The van der Waals surface area contributed by atoms with Crippen LogP contribution in [0.1, 0.15) is 23.1 Å². The molecule has 0 unspecified atom stereocenters. The second kappa shape index (κ2) is 7.44. The quantitative estimate of drug-likeness (QED) is 0.871. The van der Waals surface area contributed by atoms with Crippen molar-refractivity contribution in [2.45, 2.75) is 19.9 Å². The van der Waals surface area contributed by atoms with E-state index in [1.165, 1.54) is 12.3 Å². The molecule has 2 aromatic rings. The first kappa shape index (κ1) is 16.4. The molecule has 2 aromatic heterocycles. The molecule has 0 atom stereocenters. The topological polar surface area (TPSA) is 74.2 Å². The molecule has 1 saturated heterocycles. The number of nitrogens with zero attached hydrogens (tertiary/aromatic N) is 4. The highest BCUT2D eigenvalue weighted by atomic mass is 16.2. The van der Waals surface area contributed by atoms with Gasteiger partial charge < -0.3 is 14.5 Å². The highest BCUT2D eigenvalue weighted by molar-refractivity contribution is 5.93. The van der Waals surface area contributed by atoms with Gasteiger partial charge in [0.05, 0.1) is 5.56 Å². The van der Waals surface area contributed by atoms with Crippen molar-refractivity contribution in [3.8, 4) is 0 Å². The fourth-order valence-corrected chi connectivity index (χ4v) is 3.01. The largest absolute Gasteiger partial charge is 0.336 e. The van der Waals surface area contributed by atoms with Crippen LogP contribution in [0.5, 0.6) is 0 Å². The first-order valence-electron chi connectivity index (χ1n) is 8.37. The van der Waals surface area contributed by atoms with Crippen LogP contribution in [0.25, 0.3) is 0 Å². The van der Waals surface area contributed by atoms with Gasteiger partial charge in [-0.2, -0.15) is 0 Å². The van der Waals surface area contributed by atoms with Crippen LogP contribution >= 0.6 is 0 Å². The lowest BCUT2D eigenvalue weighted by Gasteiger charge is -2.34. The summed E-state index contributed by atoms with van der Waals surface area (Å²) in [4.78, 5) is 34.6. The van der Waals surface area contributed by atoms with E-state index in [0.29, 0.717) is 18.7 Å². The third kappa shape index (κ3) is 3.73. The third-order valence-electron chi connectivity index (χ3n) is 4.47. The van der Waals surface area contributed by atoms with Crippen molar-refractivity contribution in [1.29, 1.82) is 0 Å². The van der Waals surface area contributed by atoms with E-state index < -0.39 is 0 Å². The zero-order valence-corrected chi connectivity index (χ0v) is 13.9. The Morgan fingerprint density at radius 1 is 1.21 bits per heavy atom. The number of carbonyl (C=O) groups is 1. The standard InChI is InChI=1S/C17H23N5O2/c1-2-15-18-5-6-21(15)10-7-20-8-11-22(12-9-20)17(24)14-3-4-16(23)19-13-14/h3-6,13H,2,7-12H2,1H3,(H,19,23). The van der Waals surface area contributed by atoms with E-state index in [9.17, 15) is 9.59 Å². The Bertz CT molecular complexity index is 723. The molecule has 7 heteroatoms. The molecule has 1 aliphatic rings. The highest BCUT2D eigenvalue weighted by Crippen LogP contribution is 2.08. The van der Waals surface area contributed by atoms with Gasteiger partial charge in [0.25, 0.3) is 5.91 Å². The summed E-state index contributed by atoms with van der Waals surface area (Å²) in [6.07, 6.45) is 6.30. The van der Waals surface area contributed by atoms with Gasteiger partial charge in [-0.25, -0.2) is 4.98 Å². The zero-order chi connectivity index (χ0) is 16.9. The highest BCUT2D eigenvalue weighted by Gasteiger charge is 2.22. The Morgan fingerprint density at radius 3 is 2.67 bits per heavy atom. The first-order chi connectivity index (χ1) is 11.7. The number of pyridine rings is 1. The number of hydrogen-bond acceptors (Lipinski definition) is 4. The van der Waals surface area contributed by atoms with E-state index >= 15 is 0 Å². The van der Waals surface area contributed by atoms with Crippen LogP contribution in [0.4, 0.5) is 0 Å². The maximum atomic E-state index is 12.4. The summed E-state index contributed by atoms with van der Waals surface area (Å²) in [5.74, 6) is 1.09. The van der Waals surface area contributed by atoms with Crippen LogP contribution in [0.3, 0.4) is 0 Å². The van der Waals surface area contributed by atoms with Crippen LogP contribution in [-0.2, 0) is 13.0 Å².